The quantitative estimate of drug-likeness (QED) is 0.760. The standard InChI is InChI=1S/C19H30N4O2/c1-2-20-19(25)14-7-8-18(21-13-14)22-15-9-11-23(12-10-15)16-5-3-4-6-17(16)24/h7-8,13,15-17,24H,2-6,9-12H2,1H3,(H,20,25)(H,21,22). The SMILES string of the molecule is CCNC(=O)c1ccc(NC2CCN(C3CCCCC3O)CC2)nc1. The lowest BCUT2D eigenvalue weighted by Gasteiger charge is -2.41. The van der Waals surface area contributed by atoms with Gasteiger partial charge in [0.15, 0.2) is 0 Å². The minimum Gasteiger partial charge on any atom is -0.391 e. The lowest BCUT2D eigenvalue weighted by Crippen LogP contribution is -2.50. The number of hydrogen-bond acceptors (Lipinski definition) is 5. The molecule has 2 fully saturated rings. The van der Waals surface area contributed by atoms with Crippen LogP contribution in [0.25, 0.3) is 0 Å². The minimum atomic E-state index is -0.151. The van der Waals surface area contributed by atoms with E-state index in [-0.39, 0.29) is 12.0 Å². The van der Waals surface area contributed by atoms with Gasteiger partial charge < -0.3 is 15.7 Å². The second kappa shape index (κ2) is 8.63. The molecule has 2 heterocycles. The molecule has 6 heteroatoms. The topological polar surface area (TPSA) is 77.5 Å². The van der Waals surface area contributed by atoms with E-state index in [0.29, 0.717) is 24.2 Å². The van der Waals surface area contributed by atoms with Crippen molar-refractivity contribution < 1.29 is 9.90 Å². The fraction of sp³-hybridized carbons (Fsp3) is 0.684. The molecule has 1 saturated carbocycles. The summed E-state index contributed by atoms with van der Waals surface area (Å²) >= 11 is 0. The Balaban J connectivity index is 1.48. The Morgan fingerprint density at radius 1 is 1.24 bits per heavy atom. The van der Waals surface area contributed by atoms with Gasteiger partial charge >= 0.3 is 0 Å². The van der Waals surface area contributed by atoms with Crippen LogP contribution < -0.4 is 10.6 Å². The van der Waals surface area contributed by atoms with E-state index in [2.05, 4.69) is 20.5 Å². The molecule has 0 aromatic carbocycles. The van der Waals surface area contributed by atoms with Gasteiger partial charge in [-0.2, -0.15) is 0 Å². The number of aliphatic hydroxyl groups excluding tert-OH is 1. The predicted molar refractivity (Wildman–Crippen MR) is 98.7 cm³/mol. The second-order valence-electron chi connectivity index (χ2n) is 7.17. The van der Waals surface area contributed by atoms with Crippen LogP contribution >= 0.6 is 0 Å². The molecule has 0 radical (unpaired) electrons. The molecular weight excluding hydrogens is 316 g/mol. The molecule has 1 aliphatic carbocycles. The van der Waals surface area contributed by atoms with E-state index in [0.717, 1.165) is 51.0 Å². The van der Waals surface area contributed by atoms with Gasteiger partial charge in [-0.1, -0.05) is 12.8 Å². The molecule has 25 heavy (non-hydrogen) atoms. The highest BCUT2D eigenvalue weighted by Crippen LogP contribution is 2.26. The Hall–Kier alpha value is -1.66. The van der Waals surface area contributed by atoms with Gasteiger partial charge in [-0.25, -0.2) is 4.98 Å². The van der Waals surface area contributed by atoms with Gasteiger partial charge in [0.25, 0.3) is 5.91 Å². The highest BCUT2D eigenvalue weighted by Gasteiger charge is 2.31. The van der Waals surface area contributed by atoms with E-state index in [9.17, 15) is 9.90 Å². The number of anilines is 1. The number of carbonyl (C=O) groups is 1. The maximum atomic E-state index is 11.8. The summed E-state index contributed by atoms with van der Waals surface area (Å²) < 4.78 is 0. The highest BCUT2D eigenvalue weighted by atomic mass is 16.3. The highest BCUT2D eigenvalue weighted by molar-refractivity contribution is 5.93. The largest absolute Gasteiger partial charge is 0.391 e. The molecule has 0 spiro atoms. The Labute approximate surface area is 150 Å². The molecular formula is C19H30N4O2. The van der Waals surface area contributed by atoms with Crippen LogP contribution in [-0.4, -0.2) is 58.7 Å². The Morgan fingerprint density at radius 2 is 2.00 bits per heavy atom. The number of amides is 1. The Kier molecular flexibility index (Phi) is 6.26. The minimum absolute atomic E-state index is 0.0825. The van der Waals surface area contributed by atoms with Crippen molar-refractivity contribution in [2.75, 3.05) is 25.0 Å². The molecule has 1 aromatic rings. The lowest BCUT2D eigenvalue weighted by molar-refractivity contribution is 0.00992. The normalized spacial score (nSPS) is 25.5. The van der Waals surface area contributed by atoms with Crippen molar-refractivity contribution in [3.63, 3.8) is 0 Å². The van der Waals surface area contributed by atoms with E-state index < -0.39 is 0 Å². The van der Waals surface area contributed by atoms with Crippen molar-refractivity contribution in [2.45, 2.75) is 63.6 Å². The molecule has 3 rings (SSSR count). The molecule has 6 nitrogen and oxygen atoms in total. The van der Waals surface area contributed by atoms with Crippen molar-refractivity contribution in [1.29, 1.82) is 0 Å². The molecule has 2 unspecified atom stereocenters. The van der Waals surface area contributed by atoms with Crippen molar-refractivity contribution in [3.8, 4) is 0 Å². The Morgan fingerprint density at radius 3 is 2.64 bits per heavy atom. The molecule has 1 saturated heterocycles. The number of likely N-dealkylation sites (tertiary alicyclic amines) is 1. The Bertz CT molecular complexity index is 555. The summed E-state index contributed by atoms with van der Waals surface area (Å²) in [4.78, 5) is 18.6. The number of pyridine rings is 1. The third-order valence-electron chi connectivity index (χ3n) is 5.41. The zero-order chi connectivity index (χ0) is 17.6. The number of aromatic nitrogens is 1. The van der Waals surface area contributed by atoms with Crippen molar-refractivity contribution >= 4 is 11.7 Å². The molecule has 2 atom stereocenters. The van der Waals surface area contributed by atoms with Gasteiger partial charge in [0.05, 0.1) is 11.7 Å². The van der Waals surface area contributed by atoms with Crippen LogP contribution in [0.5, 0.6) is 0 Å². The van der Waals surface area contributed by atoms with Crippen molar-refractivity contribution in [1.82, 2.24) is 15.2 Å². The summed E-state index contributed by atoms with van der Waals surface area (Å²) in [7, 11) is 0. The van der Waals surface area contributed by atoms with Crippen LogP contribution in [0, 0.1) is 0 Å². The number of piperidine rings is 1. The van der Waals surface area contributed by atoms with Gasteiger partial charge in [0, 0.05) is 37.9 Å². The third-order valence-corrected chi connectivity index (χ3v) is 5.41. The number of aliphatic hydroxyl groups is 1. The first-order chi connectivity index (χ1) is 12.2. The maximum Gasteiger partial charge on any atom is 0.252 e. The van der Waals surface area contributed by atoms with E-state index >= 15 is 0 Å². The van der Waals surface area contributed by atoms with E-state index in [1.165, 1.54) is 6.42 Å². The van der Waals surface area contributed by atoms with Crippen LogP contribution in [-0.2, 0) is 0 Å². The summed E-state index contributed by atoms with van der Waals surface area (Å²) in [5.41, 5.74) is 0.591. The zero-order valence-corrected chi connectivity index (χ0v) is 15.1. The summed E-state index contributed by atoms with van der Waals surface area (Å²) in [6.45, 7) is 4.57. The van der Waals surface area contributed by atoms with Crippen LogP contribution in [0.2, 0.25) is 0 Å². The first-order valence-electron chi connectivity index (χ1n) is 9.60. The summed E-state index contributed by atoms with van der Waals surface area (Å²) in [6, 6.07) is 4.44. The zero-order valence-electron chi connectivity index (χ0n) is 15.1. The maximum absolute atomic E-state index is 11.8. The average molecular weight is 346 g/mol. The number of rotatable bonds is 5. The molecule has 3 N–H and O–H groups in total. The van der Waals surface area contributed by atoms with Gasteiger partial charge in [0.1, 0.15) is 5.82 Å². The van der Waals surface area contributed by atoms with Gasteiger partial charge in [0.2, 0.25) is 0 Å². The van der Waals surface area contributed by atoms with E-state index in [1.54, 1.807) is 6.20 Å². The fourth-order valence-electron chi connectivity index (χ4n) is 3.98. The number of hydrogen-bond donors (Lipinski definition) is 3. The van der Waals surface area contributed by atoms with Crippen LogP contribution in [0.15, 0.2) is 18.3 Å². The van der Waals surface area contributed by atoms with Crippen LogP contribution in [0.4, 0.5) is 5.82 Å². The van der Waals surface area contributed by atoms with Gasteiger partial charge in [-0.15, -0.1) is 0 Å². The second-order valence-corrected chi connectivity index (χ2v) is 7.17. The summed E-state index contributed by atoms with van der Waals surface area (Å²) in [6.07, 6.45) is 8.07. The monoisotopic (exact) mass is 346 g/mol. The first kappa shape index (κ1) is 18.1. The van der Waals surface area contributed by atoms with Crippen molar-refractivity contribution in [2.24, 2.45) is 0 Å². The molecule has 2 aliphatic rings. The van der Waals surface area contributed by atoms with Gasteiger partial charge in [-0.3, -0.25) is 9.69 Å². The molecule has 0 bridgehead atoms. The first-order valence-corrected chi connectivity index (χ1v) is 9.60. The fourth-order valence-corrected chi connectivity index (χ4v) is 3.98. The van der Waals surface area contributed by atoms with E-state index in [4.69, 9.17) is 0 Å². The molecule has 1 aliphatic heterocycles. The van der Waals surface area contributed by atoms with Gasteiger partial charge in [-0.05, 0) is 44.7 Å². The molecule has 1 amide bonds. The van der Waals surface area contributed by atoms with Crippen LogP contribution in [0.1, 0.15) is 55.8 Å². The number of carbonyl (C=O) groups excluding carboxylic acids is 1. The summed E-state index contributed by atoms with van der Waals surface area (Å²) in [5, 5.41) is 16.5. The number of nitrogens with one attached hydrogen (secondary N) is 2. The third kappa shape index (κ3) is 4.70. The van der Waals surface area contributed by atoms with Crippen molar-refractivity contribution in [3.05, 3.63) is 23.9 Å². The molecule has 138 valence electrons. The predicted octanol–water partition coefficient (Wildman–Crippen LogP) is 2.01. The van der Waals surface area contributed by atoms with E-state index in [1.807, 2.05) is 19.1 Å². The molecule has 1 aromatic heterocycles. The average Bonchev–Trinajstić information content (AvgIpc) is 2.64. The number of nitrogens with zero attached hydrogens (tertiary/aromatic N) is 2. The summed E-state index contributed by atoms with van der Waals surface area (Å²) in [5.74, 6) is 0.741. The lowest BCUT2D eigenvalue weighted by atomic mass is 9.89. The van der Waals surface area contributed by atoms with Crippen LogP contribution in [0.3, 0.4) is 0 Å². The smallest absolute Gasteiger partial charge is 0.252 e.